The van der Waals surface area contributed by atoms with E-state index in [0.717, 1.165) is 22.0 Å². The molecule has 5 heteroatoms. The average Bonchev–Trinajstić information content (AvgIpc) is 3.00. The lowest BCUT2D eigenvalue weighted by atomic mass is 9.91. The van der Waals surface area contributed by atoms with Gasteiger partial charge in [0.15, 0.2) is 0 Å². The van der Waals surface area contributed by atoms with E-state index in [1.165, 1.54) is 7.11 Å². The van der Waals surface area contributed by atoms with Crippen LogP contribution in [0.5, 0.6) is 0 Å². The summed E-state index contributed by atoms with van der Waals surface area (Å²) in [6, 6.07) is 9.35. The van der Waals surface area contributed by atoms with Crippen LogP contribution in [0.15, 0.2) is 34.8 Å². The largest absolute Gasteiger partial charge is 0.464 e. The Bertz CT molecular complexity index is 680. The predicted molar refractivity (Wildman–Crippen MR) is 77.6 cm³/mol. The van der Waals surface area contributed by atoms with Gasteiger partial charge in [0.1, 0.15) is 11.3 Å². The lowest BCUT2D eigenvalue weighted by Gasteiger charge is -2.23. The molecule has 1 aliphatic carbocycles. The van der Waals surface area contributed by atoms with Gasteiger partial charge in [0.2, 0.25) is 0 Å². The molecule has 2 aromatic rings. The van der Waals surface area contributed by atoms with Crippen molar-refractivity contribution in [2.24, 2.45) is 0 Å². The van der Waals surface area contributed by atoms with Crippen LogP contribution < -0.4 is 0 Å². The molecule has 104 valence electrons. The van der Waals surface area contributed by atoms with E-state index in [4.69, 9.17) is 4.74 Å². The van der Waals surface area contributed by atoms with Crippen molar-refractivity contribution in [3.8, 4) is 0 Å². The Morgan fingerprint density at radius 1 is 1.45 bits per heavy atom. The Kier molecular flexibility index (Phi) is 3.18. The summed E-state index contributed by atoms with van der Waals surface area (Å²) in [5.74, 6) is -0.420. The summed E-state index contributed by atoms with van der Waals surface area (Å²) in [7, 11) is 1.34. The number of aryl methyl sites for hydroxylation is 1. The van der Waals surface area contributed by atoms with Gasteiger partial charge in [-0.1, -0.05) is 28.1 Å². The van der Waals surface area contributed by atoms with E-state index in [2.05, 4.69) is 20.9 Å². The van der Waals surface area contributed by atoms with Gasteiger partial charge in [0.05, 0.1) is 12.8 Å². The van der Waals surface area contributed by atoms with Crippen LogP contribution in [0.1, 0.15) is 33.7 Å². The first-order valence-corrected chi connectivity index (χ1v) is 7.13. The summed E-state index contributed by atoms with van der Waals surface area (Å²) >= 11 is 3.42. The van der Waals surface area contributed by atoms with Crippen molar-refractivity contribution in [1.82, 2.24) is 4.98 Å². The number of hydrogen-bond acceptors (Lipinski definition) is 3. The highest BCUT2D eigenvalue weighted by Crippen LogP contribution is 2.42. The smallest absolute Gasteiger partial charge is 0.354 e. The van der Waals surface area contributed by atoms with Gasteiger partial charge in [-0.15, -0.1) is 0 Å². The van der Waals surface area contributed by atoms with Gasteiger partial charge >= 0.3 is 5.97 Å². The SMILES string of the molecule is COC(=O)c1cc2c([nH]1)C(O)(c1cccc(Br)c1)CC2. The van der Waals surface area contributed by atoms with Crippen LogP contribution in [0.2, 0.25) is 0 Å². The van der Waals surface area contributed by atoms with Crippen molar-refractivity contribution in [2.75, 3.05) is 7.11 Å². The second-order valence-electron chi connectivity index (χ2n) is 4.95. The third-order valence-electron chi connectivity index (χ3n) is 3.78. The normalized spacial score (nSPS) is 20.8. The molecule has 0 amide bonds. The third-order valence-corrected chi connectivity index (χ3v) is 4.27. The Morgan fingerprint density at radius 3 is 2.95 bits per heavy atom. The monoisotopic (exact) mass is 335 g/mol. The van der Waals surface area contributed by atoms with Gasteiger partial charge in [0, 0.05) is 4.47 Å². The Labute approximate surface area is 124 Å². The van der Waals surface area contributed by atoms with Crippen LogP contribution in [0.4, 0.5) is 0 Å². The number of rotatable bonds is 2. The summed E-state index contributed by atoms with van der Waals surface area (Å²) in [5.41, 5.74) is 1.77. The molecule has 1 heterocycles. The molecule has 0 aliphatic heterocycles. The van der Waals surface area contributed by atoms with Gasteiger partial charge in [-0.2, -0.15) is 0 Å². The van der Waals surface area contributed by atoms with Crippen molar-refractivity contribution < 1.29 is 14.6 Å². The number of aromatic nitrogens is 1. The highest BCUT2D eigenvalue weighted by molar-refractivity contribution is 9.10. The zero-order valence-electron chi connectivity index (χ0n) is 10.9. The topological polar surface area (TPSA) is 62.3 Å². The molecule has 0 saturated heterocycles. The predicted octanol–water partition coefficient (Wildman–Crippen LogP) is 2.75. The summed E-state index contributed by atoms with van der Waals surface area (Å²) in [5, 5.41) is 11.0. The summed E-state index contributed by atoms with van der Waals surface area (Å²) in [6.45, 7) is 0. The fraction of sp³-hybridized carbons (Fsp3) is 0.267. The van der Waals surface area contributed by atoms with E-state index in [0.29, 0.717) is 17.8 Å². The molecule has 2 N–H and O–H groups in total. The molecule has 0 radical (unpaired) electrons. The number of halogens is 1. The van der Waals surface area contributed by atoms with E-state index in [9.17, 15) is 9.90 Å². The average molecular weight is 336 g/mol. The van der Waals surface area contributed by atoms with E-state index in [1.807, 2.05) is 24.3 Å². The first kappa shape index (κ1) is 13.4. The van der Waals surface area contributed by atoms with Crippen molar-refractivity contribution in [3.05, 3.63) is 57.3 Å². The maximum Gasteiger partial charge on any atom is 0.354 e. The molecule has 0 bridgehead atoms. The lowest BCUT2D eigenvalue weighted by Crippen LogP contribution is -2.25. The van der Waals surface area contributed by atoms with Crippen molar-refractivity contribution >= 4 is 21.9 Å². The molecule has 3 rings (SSSR count). The molecule has 1 aromatic heterocycles. The minimum Gasteiger partial charge on any atom is -0.464 e. The first-order chi connectivity index (χ1) is 9.54. The minimum absolute atomic E-state index is 0.380. The highest BCUT2D eigenvalue weighted by Gasteiger charge is 2.40. The molecule has 1 atom stereocenters. The van der Waals surface area contributed by atoms with Crippen molar-refractivity contribution in [1.29, 1.82) is 0 Å². The number of nitrogens with one attached hydrogen (secondary N) is 1. The fourth-order valence-corrected chi connectivity index (χ4v) is 3.16. The second-order valence-corrected chi connectivity index (χ2v) is 5.86. The lowest BCUT2D eigenvalue weighted by molar-refractivity contribution is 0.0589. The Morgan fingerprint density at radius 2 is 2.25 bits per heavy atom. The summed E-state index contributed by atoms with van der Waals surface area (Å²) < 4.78 is 5.62. The maximum absolute atomic E-state index is 11.6. The molecule has 1 aliphatic rings. The van der Waals surface area contributed by atoms with Crippen LogP contribution in [0.25, 0.3) is 0 Å². The maximum atomic E-state index is 11.6. The zero-order chi connectivity index (χ0) is 14.3. The quantitative estimate of drug-likeness (QED) is 0.829. The second kappa shape index (κ2) is 4.75. The fourth-order valence-electron chi connectivity index (χ4n) is 2.76. The van der Waals surface area contributed by atoms with Gasteiger partial charge < -0.3 is 14.8 Å². The van der Waals surface area contributed by atoms with E-state index >= 15 is 0 Å². The molecular weight excluding hydrogens is 322 g/mol. The number of methoxy groups -OCH3 is 1. The number of carbonyl (C=O) groups excluding carboxylic acids is 1. The summed E-state index contributed by atoms with van der Waals surface area (Å²) in [4.78, 5) is 14.6. The van der Waals surface area contributed by atoms with Crippen LogP contribution in [-0.2, 0) is 16.8 Å². The molecule has 0 fully saturated rings. The number of H-pyrrole nitrogens is 1. The van der Waals surface area contributed by atoms with Crippen LogP contribution in [0.3, 0.4) is 0 Å². The Balaban J connectivity index is 2.07. The number of esters is 1. The zero-order valence-corrected chi connectivity index (χ0v) is 12.5. The summed E-state index contributed by atoms with van der Waals surface area (Å²) in [6.07, 6.45) is 1.33. The van der Waals surface area contributed by atoms with Gasteiger partial charge in [-0.3, -0.25) is 0 Å². The van der Waals surface area contributed by atoms with E-state index in [-0.39, 0.29) is 0 Å². The minimum atomic E-state index is -1.08. The number of carbonyl (C=O) groups is 1. The number of ether oxygens (including phenoxy) is 1. The number of aliphatic hydroxyl groups is 1. The number of fused-ring (bicyclic) bond motifs is 1. The molecule has 20 heavy (non-hydrogen) atoms. The molecule has 4 nitrogen and oxygen atoms in total. The van der Waals surface area contributed by atoms with E-state index < -0.39 is 11.6 Å². The van der Waals surface area contributed by atoms with Gasteiger partial charge in [-0.05, 0) is 42.2 Å². The van der Waals surface area contributed by atoms with Crippen LogP contribution in [-0.4, -0.2) is 23.2 Å². The molecule has 1 aromatic carbocycles. The Hall–Kier alpha value is -1.59. The highest BCUT2D eigenvalue weighted by atomic mass is 79.9. The molecular formula is C15H14BrNO3. The molecule has 1 unspecified atom stereocenters. The molecule has 0 saturated carbocycles. The standard InChI is InChI=1S/C15H14BrNO3/c1-20-14(18)12-7-9-5-6-15(19,13(9)17-12)10-3-2-4-11(16)8-10/h2-4,7-8,17,19H,5-6H2,1H3. The number of benzene rings is 1. The van der Waals surface area contributed by atoms with Gasteiger partial charge in [-0.25, -0.2) is 4.79 Å². The molecule has 0 spiro atoms. The first-order valence-electron chi connectivity index (χ1n) is 6.33. The van der Waals surface area contributed by atoms with Gasteiger partial charge in [0.25, 0.3) is 0 Å². The third kappa shape index (κ3) is 1.98. The number of aromatic amines is 1. The van der Waals surface area contributed by atoms with Crippen LogP contribution >= 0.6 is 15.9 Å². The number of hydrogen-bond donors (Lipinski definition) is 2. The van der Waals surface area contributed by atoms with Crippen molar-refractivity contribution in [3.63, 3.8) is 0 Å². The van der Waals surface area contributed by atoms with Crippen molar-refractivity contribution in [2.45, 2.75) is 18.4 Å². The van der Waals surface area contributed by atoms with Crippen LogP contribution in [0, 0.1) is 0 Å². The van der Waals surface area contributed by atoms with E-state index in [1.54, 1.807) is 6.07 Å².